The molecule has 0 saturated carbocycles. The lowest BCUT2D eigenvalue weighted by Crippen LogP contribution is -2.21. The summed E-state index contributed by atoms with van der Waals surface area (Å²) in [5, 5.41) is 7.33. The molecule has 1 heterocycles. The third kappa shape index (κ3) is 5.38. The number of rotatable bonds is 7. The average molecular weight is 463 g/mol. The summed E-state index contributed by atoms with van der Waals surface area (Å²) in [6.07, 6.45) is 2.86. The molecule has 3 aromatic rings. The lowest BCUT2D eigenvalue weighted by molar-refractivity contribution is -0.116. The van der Waals surface area contributed by atoms with Crippen molar-refractivity contribution in [3.63, 3.8) is 0 Å². The van der Waals surface area contributed by atoms with Gasteiger partial charge in [-0.1, -0.05) is 23.7 Å². The van der Waals surface area contributed by atoms with Gasteiger partial charge in [0.05, 0.1) is 16.3 Å². The predicted octanol–water partition coefficient (Wildman–Crippen LogP) is 3.21. The summed E-state index contributed by atoms with van der Waals surface area (Å²) >= 11 is 6.40. The third-order valence-corrected chi connectivity index (χ3v) is 6.24. The highest BCUT2D eigenvalue weighted by Crippen LogP contribution is 2.24. The molecule has 0 atom stereocenters. The second kappa shape index (κ2) is 9.42. The molecule has 31 heavy (non-hydrogen) atoms. The Morgan fingerprint density at radius 1 is 1.23 bits per heavy atom. The van der Waals surface area contributed by atoms with Crippen LogP contribution in [-0.4, -0.2) is 31.2 Å². The largest absolute Gasteiger partial charge is 0.348 e. The molecule has 2 N–H and O–H groups in total. The molecule has 7 nitrogen and oxygen atoms in total. The van der Waals surface area contributed by atoms with Crippen LogP contribution in [0.5, 0.6) is 0 Å². The van der Waals surface area contributed by atoms with Crippen molar-refractivity contribution in [3.8, 4) is 5.69 Å². The van der Waals surface area contributed by atoms with E-state index in [0.717, 1.165) is 0 Å². The van der Waals surface area contributed by atoms with Crippen LogP contribution in [0.25, 0.3) is 11.8 Å². The normalized spacial score (nSPS) is 11.7. The van der Waals surface area contributed by atoms with Crippen molar-refractivity contribution in [2.45, 2.75) is 18.4 Å². The first-order valence-corrected chi connectivity index (χ1v) is 11.1. The first-order chi connectivity index (χ1) is 14.7. The van der Waals surface area contributed by atoms with E-state index in [1.807, 2.05) is 0 Å². The van der Waals surface area contributed by atoms with Gasteiger partial charge in [0.2, 0.25) is 15.9 Å². The van der Waals surface area contributed by atoms with Crippen LogP contribution in [0.15, 0.2) is 59.5 Å². The number of benzene rings is 2. The molecule has 2 aromatic carbocycles. The zero-order valence-corrected chi connectivity index (χ0v) is 18.3. The van der Waals surface area contributed by atoms with Crippen LogP contribution < -0.4 is 10.0 Å². The predicted molar refractivity (Wildman–Crippen MR) is 117 cm³/mol. The maximum atomic E-state index is 13.1. The van der Waals surface area contributed by atoms with Gasteiger partial charge in [0.15, 0.2) is 0 Å². The van der Waals surface area contributed by atoms with Gasteiger partial charge in [-0.15, -0.1) is 0 Å². The van der Waals surface area contributed by atoms with Gasteiger partial charge in [0.1, 0.15) is 11.0 Å². The molecule has 0 unspecified atom stereocenters. The summed E-state index contributed by atoms with van der Waals surface area (Å²) in [5.41, 5.74) is 2.39. The van der Waals surface area contributed by atoms with Crippen molar-refractivity contribution in [1.29, 1.82) is 0 Å². The minimum atomic E-state index is -3.56. The molecule has 0 aliphatic carbocycles. The second-order valence-corrected chi connectivity index (χ2v) is 8.83. The Kier molecular flexibility index (Phi) is 6.89. The highest BCUT2D eigenvalue weighted by Gasteiger charge is 2.14. The standard InChI is InChI=1S/C21H20ClFN4O3S/c1-14-19(21(22)27(26-14)17-8-6-16(23)7-9-17)10-11-20(28)25-13-15-4-3-5-18(12-15)31(29,30)24-2/h3-12,24H,13H2,1-2H3,(H,25,28)/b11-10+. The van der Waals surface area contributed by atoms with E-state index >= 15 is 0 Å². The summed E-state index contributed by atoms with van der Waals surface area (Å²) in [6.45, 7) is 1.90. The monoisotopic (exact) mass is 462 g/mol. The van der Waals surface area contributed by atoms with E-state index in [2.05, 4.69) is 15.1 Å². The third-order valence-electron chi connectivity index (χ3n) is 4.46. The van der Waals surface area contributed by atoms with E-state index in [4.69, 9.17) is 11.6 Å². The lowest BCUT2D eigenvalue weighted by Gasteiger charge is -2.06. The maximum absolute atomic E-state index is 13.1. The van der Waals surface area contributed by atoms with Gasteiger partial charge in [-0.2, -0.15) is 5.10 Å². The number of carbonyl (C=O) groups excluding carboxylic acids is 1. The Labute approximate surface area is 184 Å². The van der Waals surface area contributed by atoms with Crippen molar-refractivity contribution >= 4 is 33.6 Å². The Balaban J connectivity index is 1.70. The number of hydrogen-bond donors (Lipinski definition) is 2. The smallest absolute Gasteiger partial charge is 0.244 e. The number of aromatic nitrogens is 2. The number of halogens is 2. The number of amides is 1. The van der Waals surface area contributed by atoms with E-state index in [1.165, 1.54) is 42.1 Å². The quantitative estimate of drug-likeness (QED) is 0.527. The minimum absolute atomic E-state index is 0.118. The summed E-state index contributed by atoms with van der Waals surface area (Å²) in [4.78, 5) is 12.3. The van der Waals surface area contributed by atoms with Crippen LogP contribution in [0.2, 0.25) is 5.15 Å². The zero-order chi connectivity index (χ0) is 22.6. The Morgan fingerprint density at radius 3 is 2.61 bits per heavy atom. The summed E-state index contributed by atoms with van der Waals surface area (Å²) in [6, 6.07) is 12.0. The topological polar surface area (TPSA) is 93.1 Å². The molecule has 10 heteroatoms. The van der Waals surface area contributed by atoms with Gasteiger partial charge in [0, 0.05) is 18.2 Å². The second-order valence-electron chi connectivity index (χ2n) is 6.58. The Bertz CT molecular complexity index is 1240. The fraction of sp³-hybridized carbons (Fsp3) is 0.143. The highest BCUT2D eigenvalue weighted by molar-refractivity contribution is 7.89. The van der Waals surface area contributed by atoms with Crippen LogP contribution in [0.1, 0.15) is 16.8 Å². The molecule has 0 saturated heterocycles. The van der Waals surface area contributed by atoms with Crippen LogP contribution in [0.4, 0.5) is 4.39 Å². The van der Waals surface area contributed by atoms with Crippen molar-refractivity contribution in [2.24, 2.45) is 0 Å². The van der Waals surface area contributed by atoms with Crippen LogP contribution in [-0.2, 0) is 21.4 Å². The van der Waals surface area contributed by atoms with Crippen LogP contribution >= 0.6 is 11.6 Å². The van der Waals surface area contributed by atoms with Gasteiger partial charge >= 0.3 is 0 Å². The van der Waals surface area contributed by atoms with E-state index in [1.54, 1.807) is 37.3 Å². The van der Waals surface area contributed by atoms with Gasteiger partial charge in [-0.05, 0) is 62.0 Å². The molecule has 0 spiro atoms. The van der Waals surface area contributed by atoms with Crippen LogP contribution in [0, 0.1) is 12.7 Å². The number of nitrogens with zero attached hydrogens (tertiary/aromatic N) is 2. The molecular weight excluding hydrogens is 443 g/mol. The number of carbonyl (C=O) groups is 1. The zero-order valence-electron chi connectivity index (χ0n) is 16.8. The van der Waals surface area contributed by atoms with E-state index in [0.29, 0.717) is 22.5 Å². The van der Waals surface area contributed by atoms with E-state index in [9.17, 15) is 17.6 Å². The molecule has 1 amide bonds. The fourth-order valence-corrected chi connectivity index (χ4v) is 3.94. The molecule has 0 bridgehead atoms. The van der Waals surface area contributed by atoms with Crippen molar-refractivity contribution < 1.29 is 17.6 Å². The molecule has 0 fully saturated rings. The van der Waals surface area contributed by atoms with Gasteiger partial charge in [0.25, 0.3) is 0 Å². The molecular formula is C21H20ClFN4O3S. The number of hydrogen-bond acceptors (Lipinski definition) is 4. The van der Waals surface area contributed by atoms with Crippen molar-refractivity contribution in [3.05, 3.63) is 82.4 Å². The Morgan fingerprint density at radius 2 is 1.94 bits per heavy atom. The van der Waals surface area contributed by atoms with Crippen molar-refractivity contribution in [2.75, 3.05) is 7.05 Å². The van der Waals surface area contributed by atoms with E-state index < -0.39 is 10.0 Å². The maximum Gasteiger partial charge on any atom is 0.244 e. The first kappa shape index (κ1) is 22.7. The summed E-state index contributed by atoms with van der Waals surface area (Å²) in [5.74, 6) is -0.749. The molecule has 0 radical (unpaired) electrons. The van der Waals surface area contributed by atoms with E-state index in [-0.39, 0.29) is 28.3 Å². The molecule has 0 aliphatic heterocycles. The lowest BCUT2D eigenvalue weighted by atomic mass is 10.2. The number of nitrogens with one attached hydrogen (secondary N) is 2. The SMILES string of the molecule is CNS(=O)(=O)c1cccc(CNC(=O)/C=C/c2c(C)nn(-c3ccc(F)cc3)c2Cl)c1. The first-order valence-electron chi connectivity index (χ1n) is 9.21. The van der Waals surface area contributed by atoms with Gasteiger partial charge < -0.3 is 5.32 Å². The van der Waals surface area contributed by atoms with Crippen LogP contribution in [0.3, 0.4) is 0 Å². The molecule has 1 aromatic heterocycles. The summed E-state index contributed by atoms with van der Waals surface area (Å²) < 4.78 is 40.6. The minimum Gasteiger partial charge on any atom is -0.348 e. The molecule has 3 rings (SSSR count). The van der Waals surface area contributed by atoms with Gasteiger partial charge in [-0.3, -0.25) is 4.79 Å². The van der Waals surface area contributed by atoms with Crippen molar-refractivity contribution in [1.82, 2.24) is 19.8 Å². The van der Waals surface area contributed by atoms with Gasteiger partial charge in [-0.25, -0.2) is 22.2 Å². The fourth-order valence-electron chi connectivity index (χ4n) is 2.80. The average Bonchev–Trinajstić information content (AvgIpc) is 3.05. The highest BCUT2D eigenvalue weighted by atomic mass is 35.5. The molecule has 162 valence electrons. The summed E-state index contributed by atoms with van der Waals surface area (Å²) in [7, 11) is -2.23. The number of aryl methyl sites for hydroxylation is 1. The molecule has 0 aliphatic rings. The Hall–Kier alpha value is -3.01. The number of sulfonamides is 1.